The van der Waals surface area contributed by atoms with Crippen LogP contribution in [0.1, 0.15) is 30.0 Å². The van der Waals surface area contributed by atoms with Crippen LogP contribution in [0.4, 0.5) is 10.5 Å². The van der Waals surface area contributed by atoms with Crippen molar-refractivity contribution in [1.29, 1.82) is 0 Å². The number of rotatable bonds is 6. The van der Waals surface area contributed by atoms with Crippen LogP contribution in [-0.4, -0.2) is 46.8 Å². The minimum absolute atomic E-state index is 0.103. The van der Waals surface area contributed by atoms with Crippen LogP contribution in [0.15, 0.2) is 48.2 Å². The van der Waals surface area contributed by atoms with Crippen LogP contribution in [0.5, 0.6) is 0 Å². The Kier molecular flexibility index (Phi) is 6.96. The van der Waals surface area contributed by atoms with Crippen molar-refractivity contribution in [2.24, 2.45) is 0 Å². The maximum Gasteiger partial charge on any atom is 0.320 e. The maximum absolute atomic E-state index is 12.8. The van der Waals surface area contributed by atoms with Gasteiger partial charge in [0.15, 0.2) is 11.8 Å². The average molecular weight is 450 g/mol. The van der Waals surface area contributed by atoms with E-state index in [9.17, 15) is 19.2 Å². The molecule has 0 aliphatic carbocycles. The number of carboxylic acid groups (broad SMARTS) is 1. The van der Waals surface area contributed by atoms with E-state index in [0.29, 0.717) is 16.9 Å². The minimum Gasteiger partial charge on any atom is -0.481 e. The molecule has 0 aromatic heterocycles. The van der Waals surface area contributed by atoms with E-state index in [1.165, 1.54) is 18.0 Å². The first-order chi connectivity index (χ1) is 15.6. The Labute approximate surface area is 192 Å². The summed E-state index contributed by atoms with van der Waals surface area (Å²) in [6, 6.07) is 9.49. The number of aliphatic carboxylic acids is 1. The number of anilines is 1. The third kappa shape index (κ3) is 5.11. The van der Waals surface area contributed by atoms with Crippen LogP contribution < -0.4 is 10.6 Å². The topological polar surface area (TPSA) is 116 Å². The molecule has 8 heteroatoms. The molecule has 0 unspecified atom stereocenters. The van der Waals surface area contributed by atoms with Gasteiger partial charge in [0.2, 0.25) is 0 Å². The molecule has 3 rings (SSSR count). The molecular formula is C25H27N3O5. The van der Waals surface area contributed by atoms with Crippen LogP contribution in [0, 0.1) is 13.8 Å². The third-order valence-electron chi connectivity index (χ3n) is 5.85. The number of allylic oxidation sites excluding steroid dienone is 1. The molecule has 0 radical (unpaired) electrons. The largest absolute Gasteiger partial charge is 0.481 e. The molecule has 0 fully saturated rings. The van der Waals surface area contributed by atoms with E-state index in [-0.39, 0.29) is 12.8 Å². The summed E-state index contributed by atoms with van der Waals surface area (Å²) in [7, 11) is 1.53. The Balaban J connectivity index is 1.94. The summed E-state index contributed by atoms with van der Waals surface area (Å²) in [6.07, 6.45) is 1.42. The van der Waals surface area contributed by atoms with Crippen LogP contribution in [0.25, 0.3) is 11.1 Å². The molecule has 0 saturated heterocycles. The summed E-state index contributed by atoms with van der Waals surface area (Å²) in [5, 5.41) is 14.3. The Hall–Kier alpha value is -3.94. The van der Waals surface area contributed by atoms with Gasteiger partial charge in [0, 0.05) is 30.9 Å². The number of amides is 3. The Bertz CT molecular complexity index is 1170. The molecule has 2 aromatic rings. The van der Waals surface area contributed by atoms with Gasteiger partial charge < -0.3 is 20.6 Å². The molecule has 2 aromatic carbocycles. The fourth-order valence-corrected chi connectivity index (χ4v) is 3.85. The van der Waals surface area contributed by atoms with E-state index >= 15 is 0 Å². The van der Waals surface area contributed by atoms with E-state index in [1.807, 2.05) is 44.2 Å². The molecule has 8 nitrogen and oxygen atoms in total. The molecule has 0 spiro atoms. The second-order valence-corrected chi connectivity index (χ2v) is 8.10. The summed E-state index contributed by atoms with van der Waals surface area (Å²) >= 11 is 0. The number of carboxylic acids is 1. The fraction of sp³-hybridized carbons (Fsp3) is 0.280. The number of nitrogens with one attached hydrogen (secondary N) is 2. The number of aryl methyl sites for hydroxylation is 2. The lowest BCUT2D eigenvalue weighted by atomic mass is 9.92. The number of hydrogen-bond donors (Lipinski definition) is 3. The van der Waals surface area contributed by atoms with Gasteiger partial charge >= 0.3 is 12.0 Å². The second-order valence-electron chi connectivity index (χ2n) is 8.10. The highest BCUT2D eigenvalue weighted by Gasteiger charge is 2.34. The maximum atomic E-state index is 12.8. The molecule has 1 aliphatic heterocycles. The molecule has 3 amide bonds. The van der Waals surface area contributed by atoms with Gasteiger partial charge in [0.1, 0.15) is 0 Å². The van der Waals surface area contributed by atoms with E-state index in [0.717, 1.165) is 22.3 Å². The minimum atomic E-state index is -1.32. The van der Waals surface area contributed by atoms with Crippen LogP contribution in [-0.2, 0) is 20.8 Å². The Morgan fingerprint density at radius 1 is 1.03 bits per heavy atom. The number of hydrogen-bond acceptors (Lipinski definition) is 4. The molecule has 3 N–H and O–H groups in total. The van der Waals surface area contributed by atoms with Crippen molar-refractivity contribution < 1.29 is 24.3 Å². The molecule has 33 heavy (non-hydrogen) atoms. The quantitative estimate of drug-likeness (QED) is 0.585. The van der Waals surface area contributed by atoms with Crippen molar-refractivity contribution in [1.82, 2.24) is 10.2 Å². The summed E-state index contributed by atoms with van der Waals surface area (Å²) in [6.45, 7) is 5.47. The fourth-order valence-electron chi connectivity index (χ4n) is 3.85. The number of likely N-dealkylation sites (N-methyl/N-ethyl adjacent to an activating group) is 1. The van der Waals surface area contributed by atoms with Crippen molar-refractivity contribution >= 4 is 29.4 Å². The first-order valence-electron chi connectivity index (χ1n) is 10.6. The van der Waals surface area contributed by atoms with Gasteiger partial charge in [0.25, 0.3) is 5.91 Å². The zero-order valence-electron chi connectivity index (χ0n) is 19.1. The average Bonchev–Trinajstić information content (AvgIpc) is 2.76. The first-order valence-corrected chi connectivity index (χ1v) is 10.6. The molecule has 1 aliphatic rings. The zero-order valence-corrected chi connectivity index (χ0v) is 19.1. The van der Waals surface area contributed by atoms with Crippen molar-refractivity contribution in [2.75, 3.05) is 12.4 Å². The van der Waals surface area contributed by atoms with Crippen LogP contribution in [0.3, 0.4) is 0 Å². The van der Waals surface area contributed by atoms with Gasteiger partial charge in [-0.1, -0.05) is 36.4 Å². The number of ketones is 1. The number of carbonyl (C=O) groups is 4. The normalized spacial score (nSPS) is 15.8. The van der Waals surface area contributed by atoms with Gasteiger partial charge in [-0.15, -0.1) is 0 Å². The molecule has 172 valence electrons. The van der Waals surface area contributed by atoms with Gasteiger partial charge in [-0.25, -0.2) is 4.79 Å². The molecule has 0 saturated carbocycles. The lowest BCUT2D eigenvalue weighted by molar-refractivity contribution is -0.137. The zero-order chi connectivity index (χ0) is 24.3. The van der Waals surface area contributed by atoms with Gasteiger partial charge in [-0.2, -0.15) is 0 Å². The number of benzene rings is 2. The Morgan fingerprint density at radius 2 is 1.73 bits per heavy atom. The van der Waals surface area contributed by atoms with E-state index in [2.05, 4.69) is 10.6 Å². The standard InChI is InChI=1S/C25H27N3O5/c1-14-7-5-6-8-18(14)19-11-9-17(10-12-21(30)31)22(16(19)3)26-25(33)27-23-20(29)13-15(2)28(4)24(23)32/h5-9,11,13,23H,10,12H2,1-4H3,(H,30,31)(H2,26,27,33)/t23-/m0/s1. The first kappa shape index (κ1) is 23.7. The molecule has 1 heterocycles. The highest BCUT2D eigenvalue weighted by molar-refractivity contribution is 6.15. The van der Waals surface area contributed by atoms with E-state index in [4.69, 9.17) is 5.11 Å². The van der Waals surface area contributed by atoms with Crippen molar-refractivity contribution in [3.05, 3.63) is 64.9 Å². The van der Waals surface area contributed by atoms with Crippen LogP contribution in [0.2, 0.25) is 0 Å². The predicted molar refractivity (Wildman–Crippen MR) is 125 cm³/mol. The van der Waals surface area contributed by atoms with Crippen molar-refractivity contribution in [3.8, 4) is 11.1 Å². The summed E-state index contributed by atoms with van der Waals surface area (Å²) in [5.41, 5.74) is 5.31. The molecule has 0 bridgehead atoms. The lowest BCUT2D eigenvalue weighted by Gasteiger charge is -2.28. The monoisotopic (exact) mass is 449 g/mol. The van der Waals surface area contributed by atoms with Crippen LogP contribution >= 0.6 is 0 Å². The number of urea groups is 1. The van der Waals surface area contributed by atoms with Crippen molar-refractivity contribution in [3.63, 3.8) is 0 Å². The molecule has 1 atom stereocenters. The Morgan fingerprint density at radius 3 is 2.39 bits per heavy atom. The highest BCUT2D eigenvalue weighted by atomic mass is 16.4. The van der Waals surface area contributed by atoms with E-state index in [1.54, 1.807) is 13.0 Å². The van der Waals surface area contributed by atoms with Gasteiger partial charge in [0.05, 0.1) is 0 Å². The lowest BCUT2D eigenvalue weighted by Crippen LogP contribution is -2.54. The molecular weight excluding hydrogens is 422 g/mol. The van der Waals surface area contributed by atoms with Crippen molar-refractivity contribution in [2.45, 2.75) is 39.7 Å². The summed E-state index contributed by atoms with van der Waals surface area (Å²) in [5.74, 6) is -1.97. The predicted octanol–water partition coefficient (Wildman–Crippen LogP) is 3.42. The SMILES string of the molecule is CC1=CC(=O)[C@H](NC(=O)Nc2c(CCC(=O)O)ccc(-c3ccccc3C)c2C)C(=O)N1C. The number of nitrogens with zero attached hydrogens (tertiary/aromatic N) is 1. The number of carbonyl (C=O) groups excluding carboxylic acids is 3. The summed E-state index contributed by atoms with van der Waals surface area (Å²) < 4.78 is 0. The highest BCUT2D eigenvalue weighted by Crippen LogP contribution is 2.34. The van der Waals surface area contributed by atoms with Gasteiger partial charge in [-0.05, 0) is 55.0 Å². The smallest absolute Gasteiger partial charge is 0.320 e. The second kappa shape index (κ2) is 9.68. The van der Waals surface area contributed by atoms with Gasteiger partial charge in [-0.3, -0.25) is 14.4 Å². The van der Waals surface area contributed by atoms with E-state index < -0.39 is 29.7 Å². The summed E-state index contributed by atoms with van der Waals surface area (Å²) in [4.78, 5) is 50.1. The third-order valence-corrected chi connectivity index (χ3v) is 5.85.